The summed E-state index contributed by atoms with van der Waals surface area (Å²) in [6.45, 7) is 4.87. The number of fused-ring (bicyclic) bond motifs is 6. The number of benzene rings is 1. The average Bonchev–Trinajstić information content (AvgIpc) is 3.50. The SMILES string of the molecule is CC[C@@]1(O)C(=O)OCc2c1cc1n(c2=O)Cc2c-1nc1cc3c(cc1c2CN1CCSCC1)OCO3. The zero-order chi connectivity index (χ0) is 24.6. The third-order valence-corrected chi connectivity index (χ3v) is 8.73. The van der Waals surface area contributed by atoms with E-state index in [4.69, 9.17) is 19.2 Å². The van der Waals surface area contributed by atoms with Gasteiger partial charge in [-0.3, -0.25) is 9.69 Å². The van der Waals surface area contributed by atoms with Crippen molar-refractivity contribution >= 4 is 28.6 Å². The molecule has 4 aliphatic heterocycles. The zero-order valence-electron chi connectivity index (χ0n) is 19.8. The molecule has 1 saturated heterocycles. The molecule has 186 valence electrons. The molecule has 9 nitrogen and oxygen atoms in total. The van der Waals surface area contributed by atoms with E-state index in [0.717, 1.165) is 53.2 Å². The summed E-state index contributed by atoms with van der Waals surface area (Å²) in [4.78, 5) is 33.6. The summed E-state index contributed by atoms with van der Waals surface area (Å²) in [5.74, 6) is 2.81. The van der Waals surface area contributed by atoms with Crippen molar-refractivity contribution in [3.8, 4) is 22.9 Å². The molecule has 1 atom stereocenters. The molecule has 0 radical (unpaired) electrons. The largest absolute Gasteiger partial charge is 0.458 e. The summed E-state index contributed by atoms with van der Waals surface area (Å²) >= 11 is 1.96. The number of cyclic esters (lactones) is 1. The van der Waals surface area contributed by atoms with E-state index >= 15 is 0 Å². The summed E-state index contributed by atoms with van der Waals surface area (Å²) in [5.41, 5.74) is 2.77. The van der Waals surface area contributed by atoms with E-state index in [1.807, 2.05) is 23.9 Å². The van der Waals surface area contributed by atoms with Gasteiger partial charge in [-0.25, -0.2) is 9.78 Å². The molecule has 0 saturated carbocycles. The highest BCUT2D eigenvalue weighted by Gasteiger charge is 2.45. The number of aromatic nitrogens is 2. The van der Waals surface area contributed by atoms with Gasteiger partial charge in [-0.2, -0.15) is 11.8 Å². The van der Waals surface area contributed by atoms with Crippen LogP contribution in [0.3, 0.4) is 0 Å². The normalized spacial score (nSPS) is 22.3. The first-order chi connectivity index (χ1) is 17.5. The minimum atomic E-state index is -1.85. The topological polar surface area (TPSA) is 103 Å². The van der Waals surface area contributed by atoms with Crippen molar-refractivity contribution in [1.29, 1.82) is 0 Å². The number of pyridine rings is 2. The molecule has 1 N–H and O–H groups in total. The Morgan fingerprint density at radius 1 is 1.08 bits per heavy atom. The van der Waals surface area contributed by atoms with Crippen molar-refractivity contribution in [2.45, 2.75) is 38.6 Å². The molecule has 0 bridgehead atoms. The first-order valence-corrected chi connectivity index (χ1v) is 13.4. The molecular formula is C26H25N3O6S. The third-order valence-electron chi connectivity index (χ3n) is 7.79. The third kappa shape index (κ3) is 3.07. The van der Waals surface area contributed by atoms with E-state index in [0.29, 0.717) is 40.6 Å². The lowest BCUT2D eigenvalue weighted by Crippen LogP contribution is -2.44. The Bertz CT molecular complexity index is 1510. The van der Waals surface area contributed by atoms with Gasteiger partial charge in [-0.1, -0.05) is 6.92 Å². The number of aliphatic hydroxyl groups is 1. The van der Waals surface area contributed by atoms with Crippen LogP contribution >= 0.6 is 11.8 Å². The van der Waals surface area contributed by atoms with Gasteiger partial charge in [0.05, 0.1) is 29.0 Å². The van der Waals surface area contributed by atoms with Crippen LogP contribution in [0.5, 0.6) is 11.5 Å². The van der Waals surface area contributed by atoms with Crippen LogP contribution in [-0.2, 0) is 34.8 Å². The molecule has 4 aliphatic rings. The molecule has 1 aromatic carbocycles. The minimum absolute atomic E-state index is 0.113. The van der Waals surface area contributed by atoms with Crippen molar-refractivity contribution in [3.63, 3.8) is 0 Å². The highest BCUT2D eigenvalue weighted by atomic mass is 32.2. The van der Waals surface area contributed by atoms with E-state index in [2.05, 4.69) is 4.90 Å². The maximum atomic E-state index is 13.6. The number of rotatable bonds is 3. The van der Waals surface area contributed by atoms with Gasteiger partial charge in [0.25, 0.3) is 5.56 Å². The Morgan fingerprint density at radius 3 is 2.64 bits per heavy atom. The lowest BCUT2D eigenvalue weighted by molar-refractivity contribution is -0.172. The Labute approximate surface area is 211 Å². The van der Waals surface area contributed by atoms with Gasteiger partial charge in [-0.15, -0.1) is 0 Å². The molecular weight excluding hydrogens is 482 g/mol. The van der Waals surface area contributed by atoms with Gasteiger partial charge in [0, 0.05) is 53.7 Å². The van der Waals surface area contributed by atoms with Gasteiger partial charge in [0.15, 0.2) is 17.1 Å². The molecule has 7 rings (SSSR count). The van der Waals surface area contributed by atoms with Crippen LogP contribution < -0.4 is 15.0 Å². The maximum Gasteiger partial charge on any atom is 0.343 e. The second-order valence-corrected chi connectivity index (χ2v) is 10.9. The number of hydrogen-bond acceptors (Lipinski definition) is 9. The molecule has 6 heterocycles. The van der Waals surface area contributed by atoms with Crippen LogP contribution in [0.25, 0.3) is 22.3 Å². The molecule has 2 aromatic heterocycles. The van der Waals surface area contributed by atoms with Crippen LogP contribution in [-0.4, -0.2) is 56.9 Å². The van der Waals surface area contributed by atoms with Crippen LogP contribution in [0.4, 0.5) is 0 Å². The van der Waals surface area contributed by atoms with Gasteiger partial charge in [0.1, 0.15) is 6.61 Å². The Balaban J connectivity index is 1.46. The number of thioether (sulfide) groups is 1. The van der Waals surface area contributed by atoms with Crippen LogP contribution in [0.15, 0.2) is 23.0 Å². The second kappa shape index (κ2) is 7.96. The van der Waals surface area contributed by atoms with Gasteiger partial charge in [0.2, 0.25) is 6.79 Å². The zero-order valence-corrected chi connectivity index (χ0v) is 20.7. The predicted octanol–water partition coefficient (Wildman–Crippen LogP) is 2.36. The summed E-state index contributed by atoms with van der Waals surface area (Å²) in [6, 6.07) is 5.66. The van der Waals surface area contributed by atoms with E-state index < -0.39 is 11.6 Å². The van der Waals surface area contributed by atoms with Crippen LogP contribution in [0.2, 0.25) is 0 Å². The molecule has 10 heteroatoms. The number of esters is 1. The van der Waals surface area contributed by atoms with Gasteiger partial charge < -0.3 is 23.9 Å². The minimum Gasteiger partial charge on any atom is -0.458 e. The molecule has 3 aromatic rings. The van der Waals surface area contributed by atoms with Crippen LogP contribution in [0, 0.1) is 0 Å². The van der Waals surface area contributed by atoms with E-state index in [9.17, 15) is 14.7 Å². The summed E-state index contributed by atoms with van der Waals surface area (Å²) in [6.07, 6.45) is 0.113. The van der Waals surface area contributed by atoms with Crippen molar-refractivity contribution in [3.05, 3.63) is 50.8 Å². The standard InChI is InChI=1S/C26H25N3O6S/c1-2-26(32)18-8-20-23-16(11-29(20)24(30)17(18)12-33-25(26)31)15(10-28-3-5-36-6-4-28)14-7-21-22(35-13-34-21)9-19(14)27-23/h7-9,32H,2-6,10-13H2,1H3/t26-/m0/s1. The first-order valence-electron chi connectivity index (χ1n) is 12.2. The average molecular weight is 508 g/mol. The number of carbonyl (C=O) groups is 1. The van der Waals surface area contributed by atoms with E-state index in [1.165, 1.54) is 0 Å². The van der Waals surface area contributed by atoms with E-state index in [1.54, 1.807) is 17.6 Å². The molecule has 36 heavy (non-hydrogen) atoms. The summed E-state index contributed by atoms with van der Waals surface area (Å²) in [7, 11) is 0. The fraction of sp³-hybridized carbons (Fsp3) is 0.423. The number of carbonyl (C=O) groups excluding carboxylic acids is 1. The first kappa shape index (κ1) is 22.1. The molecule has 0 aliphatic carbocycles. The lowest BCUT2D eigenvalue weighted by atomic mass is 9.86. The predicted molar refractivity (Wildman–Crippen MR) is 133 cm³/mol. The highest BCUT2D eigenvalue weighted by molar-refractivity contribution is 7.99. The summed E-state index contributed by atoms with van der Waals surface area (Å²) < 4.78 is 18.2. The van der Waals surface area contributed by atoms with Crippen molar-refractivity contribution < 1.29 is 24.1 Å². The van der Waals surface area contributed by atoms with Crippen LogP contribution in [0.1, 0.15) is 35.6 Å². The van der Waals surface area contributed by atoms with E-state index in [-0.39, 0.29) is 25.4 Å². The fourth-order valence-corrected chi connectivity index (χ4v) is 6.69. The van der Waals surface area contributed by atoms with Crippen molar-refractivity contribution in [1.82, 2.24) is 14.5 Å². The maximum absolute atomic E-state index is 13.6. The smallest absolute Gasteiger partial charge is 0.343 e. The second-order valence-electron chi connectivity index (χ2n) is 9.63. The number of nitrogens with zero attached hydrogens (tertiary/aromatic N) is 3. The number of ether oxygens (including phenoxy) is 3. The number of hydrogen-bond donors (Lipinski definition) is 1. The highest BCUT2D eigenvalue weighted by Crippen LogP contribution is 2.43. The van der Waals surface area contributed by atoms with Gasteiger partial charge >= 0.3 is 5.97 Å². The van der Waals surface area contributed by atoms with Crippen molar-refractivity contribution in [2.75, 3.05) is 31.4 Å². The van der Waals surface area contributed by atoms with Gasteiger partial charge in [-0.05, 0) is 24.1 Å². The quantitative estimate of drug-likeness (QED) is 0.419. The molecule has 0 unspecified atom stereocenters. The molecule has 0 amide bonds. The Morgan fingerprint density at radius 2 is 1.86 bits per heavy atom. The Hall–Kier alpha value is -3.08. The lowest BCUT2D eigenvalue weighted by Gasteiger charge is -2.31. The summed E-state index contributed by atoms with van der Waals surface area (Å²) in [5, 5.41) is 12.2. The molecule has 1 fully saturated rings. The molecule has 0 spiro atoms. The Kier molecular flexibility index (Phi) is 4.90. The fourth-order valence-electron chi connectivity index (χ4n) is 5.72. The van der Waals surface area contributed by atoms with Crippen molar-refractivity contribution in [2.24, 2.45) is 0 Å². The monoisotopic (exact) mass is 507 g/mol.